The molecule has 0 saturated heterocycles. The van der Waals surface area contributed by atoms with Gasteiger partial charge in [-0.25, -0.2) is 0 Å². The molecule has 1 aliphatic rings. The normalized spacial score (nSPS) is 19.3. The summed E-state index contributed by atoms with van der Waals surface area (Å²) in [6, 6.07) is 10.1. The van der Waals surface area contributed by atoms with E-state index in [0.29, 0.717) is 44.5 Å². The van der Waals surface area contributed by atoms with E-state index < -0.39 is 29.9 Å². The molecule has 1 unspecified atom stereocenters. The summed E-state index contributed by atoms with van der Waals surface area (Å²) < 4.78 is 0. The van der Waals surface area contributed by atoms with Crippen molar-refractivity contribution < 1.29 is 24.3 Å². The molecule has 1 heterocycles. The molecule has 0 fully saturated rings. The molecule has 4 bridgehead atoms. The lowest BCUT2D eigenvalue weighted by molar-refractivity contribution is -0.130. The summed E-state index contributed by atoms with van der Waals surface area (Å²) in [7, 11) is 0. The first-order valence-corrected chi connectivity index (χ1v) is 15.6. The molecule has 1 aliphatic heterocycles. The van der Waals surface area contributed by atoms with Gasteiger partial charge in [0.05, 0.1) is 6.04 Å². The Hall–Kier alpha value is -4.04. The Labute approximate surface area is 264 Å². The van der Waals surface area contributed by atoms with Gasteiger partial charge in [-0.1, -0.05) is 30.3 Å². The fourth-order valence-electron chi connectivity index (χ4n) is 5.19. The minimum absolute atomic E-state index is 0.0227. The Bertz CT molecular complexity index is 1310. The highest BCUT2D eigenvalue weighted by atomic mass is 16.3. The van der Waals surface area contributed by atoms with Gasteiger partial charge in [-0.05, 0) is 79.6 Å². The van der Waals surface area contributed by atoms with Gasteiger partial charge in [0.25, 0.3) is 0 Å². The Morgan fingerprint density at radius 1 is 0.933 bits per heavy atom. The van der Waals surface area contributed by atoms with Crippen LogP contribution in [0.2, 0.25) is 0 Å². The number of hydrogen-bond acceptors (Lipinski definition) is 9. The van der Waals surface area contributed by atoms with Gasteiger partial charge in [-0.2, -0.15) is 0 Å². The SMILES string of the molecule is NCCC[C@H](N)CNC(=O)CCNC(=O)C[C@@H]1Cc2cccc(c2)-c2ccc(O)c(c2)CC(N)C(=O)N[C@@H](CCCN)C(=O)N1. The van der Waals surface area contributed by atoms with Crippen molar-refractivity contribution in [3.63, 3.8) is 0 Å². The number of nitrogens with one attached hydrogen (secondary N) is 4. The lowest BCUT2D eigenvalue weighted by atomic mass is 9.95. The van der Waals surface area contributed by atoms with Gasteiger partial charge in [0, 0.05) is 44.4 Å². The third kappa shape index (κ3) is 11.8. The van der Waals surface area contributed by atoms with Gasteiger partial charge in [0.2, 0.25) is 23.6 Å². The van der Waals surface area contributed by atoms with Gasteiger partial charge in [-0.15, -0.1) is 0 Å². The molecule has 4 amide bonds. The summed E-state index contributed by atoms with van der Waals surface area (Å²) in [5, 5.41) is 21.7. The predicted molar refractivity (Wildman–Crippen MR) is 173 cm³/mol. The number of rotatable bonds is 13. The molecule has 0 aliphatic carbocycles. The standard InChI is InChI=1S/C32H48N8O5/c33-11-2-6-24(35)19-38-29(42)10-13-37-30(43)18-25-15-20-4-1-5-21(14-20)22-8-9-28(41)23(16-22)17-26(36)31(44)40-27(7-3-12-34)32(45)39-25/h1,4-5,8-9,14,16,24-27,41H,2-3,6-7,10-13,15,17-19,33-36H2,(H,37,43)(H,38,42)(H,39,45)(H,40,44)/t24-,25-,26?,27-/m0/s1. The highest BCUT2D eigenvalue weighted by Crippen LogP contribution is 2.28. The third-order valence-electron chi connectivity index (χ3n) is 7.72. The summed E-state index contributed by atoms with van der Waals surface area (Å²) in [5.74, 6) is -1.54. The zero-order valence-corrected chi connectivity index (χ0v) is 25.7. The molecular formula is C32H48N8O5. The smallest absolute Gasteiger partial charge is 0.242 e. The number of fused-ring (bicyclic) bond motifs is 5. The highest BCUT2D eigenvalue weighted by Gasteiger charge is 2.27. The summed E-state index contributed by atoms with van der Waals surface area (Å²) in [6.07, 6.45) is 2.67. The van der Waals surface area contributed by atoms with Gasteiger partial charge in [-0.3, -0.25) is 19.2 Å². The van der Waals surface area contributed by atoms with Crippen LogP contribution in [0.25, 0.3) is 11.1 Å². The van der Waals surface area contributed by atoms with E-state index in [-0.39, 0.29) is 55.8 Å². The first-order valence-electron chi connectivity index (χ1n) is 15.6. The average Bonchev–Trinajstić information content (AvgIpc) is 3.01. The molecule has 45 heavy (non-hydrogen) atoms. The molecule has 13 nitrogen and oxygen atoms in total. The average molecular weight is 625 g/mol. The van der Waals surface area contributed by atoms with Crippen LogP contribution < -0.4 is 44.2 Å². The number of nitrogens with two attached hydrogens (primary N) is 4. The molecule has 0 spiro atoms. The number of benzene rings is 2. The number of carbonyl (C=O) groups is 4. The van der Waals surface area contributed by atoms with E-state index >= 15 is 0 Å². The molecule has 2 aromatic rings. The first kappa shape index (κ1) is 35.4. The largest absolute Gasteiger partial charge is 0.508 e. The Morgan fingerprint density at radius 2 is 1.69 bits per heavy atom. The van der Waals surface area contributed by atoms with Crippen LogP contribution in [0.4, 0.5) is 0 Å². The fraction of sp³-hybridized carbons (Fsp3) is 0.500. The maximum absolute atomic E-state index is 13.5. The van der Waals surface area contributed by atoms with Gasteiger partial charge in [0.15, 0.2) is 0 Å². The van der Waals surface area contributed by atoms with Crippen LogP contribution in [-0.4, -0.2) is 79.1 Å². The highest BCUT2D eigenvalue weighted by molar-refractivity contribution is 5.90. The zero-order valence-electron chi connectivity index (χ0n) is 25.7. The quantitative estimate of drug-likeness (QED) is 0.136. The van der Waals surface area contributed by atoms with Crippen LogP contribution in [0.1, 0.15) is 49.7 Å². The van der Waals surface area contributed by atoms with E-state index in [0.717, 1.165) is 23.1 Å². The summed E-state index contributed by atoms with van der Waals surface area (Å²) in [5.41, 5.74) is 26.4. The second-order valence-electron chi connectivity index (χ2n) is 11.6. The minimum Gasteiger partial charge on any atom is -0.508 e. The lowest BCUT2D eigenvalue weighted by Gasteiger charge is -2.24. The number of carbonyl (C=O) groups excluding carboxylic acids is 4. The maximum Gasteiger partial charge on any atom is 0.242 e. The van der Waals surface area contributed by atoms with Crippen LogP contribution in [0.3, 0.4) is 0 Å². The van der Waals surface area contributed by atoms with Crippen molar-refractivity contribution in [1.29, 1.82) is 0 Å². The summed E-state index contributed by atoms with van der Waals surface area (Å²) in [6.45, 7) is 1.31. The van der Waals surface area contributed by atoms with Crippen LogP contribution in [0.15, 0.2) is 42.5 Å². The number of hydrogen-bond donors (Lipinski definition) is 9. The fourth-order valence-corrected chi connectivity index (χ4v) is 5.19. The molecule has 3 rings (SSSR count). The van der Waals surface area contributed by atoms with E-state index in [2.05, 4.69) is 21.3 Å². The van der Waals surface area contributed by atoms with Crippen molar-refractivity contribution in [3.8, 4) is 16.9 Å². The number of aromatic hydroxyl groups is 1. The van der Waals surface area contributed by atoms with Crippen LogP contribution in [-0.2, 0) is 32.0 Å². The molecule has 0 saturated carbocycles. The molecule has 13 heteroatoms. The Kier molecular flexibility index (Phi) is 14.2. The monoisotopic (exact) mass is 624 g/mol. The minimum atomic E-state index is -1.02. The molecule has 0 radical (unpaired) electrons. The molecule has 13 N–H and O–H groups in total. The first-order chi connectivity index (χ1) is 21.6. The summed E-state index contributed by atoms with van der Waals surface area (Å²) in [4.78, 5) is 51.7. The van der Waals surface area contributed by atoms with E-state index in [9.17, 15) is 24.3 Å². The van der Waals surface area contributed by atoms with E-state index in [1.807, 2.05) is 24.3 Å². The van der Waals surface area contributed by atoms with Crippen LogP contribution in [0.5, 0.6) is 5.75 Å². The molecule has 0 aromatic heterocycles. The molecule has 246 valence electrons. The number of phenolic OH excluding ortho intramolecular Hbond substituents is 1. The molecule has 4 atom stereocenters. The van der Waals surface area contributed by atoms with Crippen LogP contribution >= 0.6 is 0 Å². The van der Waals surface area contributed by atoms with Gasteiger partial charge < -0.3 is 49.3 Å². The maximum atomic E-state index is 13.5. The zero-order chi connectivity index (χ0) is 32.8. The topological polar surface area (TPSA) is 241 Å². The van der Waals surface area contributed by atoms with Gasteiger partial charge in [0.1, 0.15) is 11.8 Å². The summed E-state index contributed by atoms with van der Waals surface area (Å²) >= 11 is 0. The molecular weight excluding hydrogens is 576 g/mol. The van der Waals surface area contributed by atoms with E-state index in [1.165, 1.54) is 0 Å². The van der Waals surface area contributed by atoms with Gasteiger partial charge >= 0.3 is 0 Å². The van der Waals surface area contributed by atoms with Crippen molar-refractivity contribution in [3.05, 3.63) is 53.6 Å². The lowest BCUT2D eigenvalue weighted by Crippen LogP contribution is -2.54. The number of amides is 4. The van der Waals surface area contributed by atoms with Crippen molar-refractivity contribution in [2.24, 2.45) is 22.9 Å². The third-order valence-corrected chi connectivity index (χ3v) is 7.72. The van der Waals surface area contributed by atoms with Crippen LogP contribution in [0, 0.1) is 0 Å². The Morgan fingerprint density at radius 3 is 2.44 bits per heavy atom. The van der Waals surface area contributed by atoms with Crippen molar-refractivity contribution in [2.75, 3.05) is 26.2 Å². The van der Waals surface area contributed by atoms with E-state index in [4.69, 9.17) is 22.9 Å². The number of phenols is 1. The van der Waals surface area contributed by atoms with Crippen molar-refractivity contribution >= 4 is 23.6 Å². The van der Waals surface area contributed by atoms with E-state index in [1.54, 1.807) is 18.2 Å². The van der Waals surface area contributed by atoms with Crippen molar-refractivity contribution in [2.45, 2.75) is 75.5 Å². The predicted octanol–water partition coefficient (Wildman–Crippen LogP) is -0.728. The molecule has 2 aromatic carbocycles. The second kappa shape index (κ2) is 18.1. The van der Waals surface area contributed by atoms with Crippen molar-refractivity contribution in [1.82, 2.24) is 21.3 Å². The second-order valence-corrected chi connectivity index (χ2v) is 11.6. The Balaban J connectivity index is 1.76.